The number of thioether (sulfide) groups is 1. The van der Waals surface area contributed by atoms with Gasteiger partial charge >= 0.3 is 0 Å². The molecule has 1 heterocycles. The van der Waals surface area contributed by atoms with E-state index >= 15 is 0 Å². The van der Waals surface area contributed by atoms with Gasteiger partial charge in [0.15, 0.2) is 0 Å². The normalized spacial score (nSPS) is 11.4. The molecule has 25 heavy (non-hydrogen) atoms. The molecule has 0 saturated heterocycles. The summed E-state index contributed by atoms with van der Waals surface area (Å²) in [6, 6.07) is 12.1. The van der Waals surface area contributed by atoms with Crippen molar-refractivity contribution in [2.75, 3.05) is 0 Å². The topological polar surface area (TPSA) is 43.1 Å². The lowest BCUT2D eigenvalue weighted by atomic mass is 10.0. The average molecular weight is 371 g/mol. The van der Waals surface area contributed by atoms with Gasteiger partial charge in [0.1, 0.15) is 6.33 Å². The van der Waals surface area contributed by atoms with Crippen LogP contribution in [0.25, 0.3) is 0 Å². The number of rotatable bonds is 5. The molecule has 1 aromatic heterocycles. The number of hydrogen-bond acceptors (Lipinski definition) is 4. The van der Waals surface area contributed by atoms with Crippen LogP contribution in [0.4, 0.5) is 0 Å². The lowest BCUT2D eigenvalue weighted by Crippen LogP contribution is -1.97. The van der Waals surface area contributed by atoms with E-state index in [4.69, 9.17) is 11.6 Å². The van der Waals surface area contributed by atoms with Crippen LogP contribution >= 0.6 is 23.4 Å². The second-order valence-electron chi connectivity index (χ2n) is 5.93. The first-order chi connectivity index (χ1) is 12.0. The predicted molar refractivity (Wildman–Crippen MR) is 105 cm³/mol. The lowest BCUT2D eigenvalue weighted by molar-refractivity contribution is 0.766. The van der Waals surface area contributed by atoms with Crippen LogP contribution in [0.3, 0.4) is 0 Å². The zero-order chi connectivity index (χ0) is 17.8. The third kappa shape index (κ3) is 4.50. The maximum absolute atomic E-state index is 5.92. The Morgan fingerprint density at radius 3 is 2.48 bits per heavy atom. The minimum atomic E-state index is 0.741. The summed E-state index contributed by atoms with van der Waals surface area (Å²) in [6.45, 7) is 6.31. The molecule has 0 saturated carbocycles. The molecule has 4 nitrogen and oxygen atoms in total. The quantitative estimate of drug-likeness (QED) is 0.467. The molecule has 0 fully saturated rings. The highest BCUT2D eigenvalue weighted by Gasteiger charge is 2.06. The van der Waals surface area contributed by atoms with Gasteiger partial charge in [-0.1, -0.05) is 53.2 Å². The fourth-order valence-electron chi connectivity index (χ4n) is 2.64. The van der Waals surface area contributed by atoms with Gasteiger partial charge in [0.25, 0.3) is 0 Å². The maximum Gasteiger partial charge on any atom is 0.212 e. The molecule has 0 spiro atoms. The number of aryl methyl sites for hydroxylation is 3. The molecule has 0 radical (unpaired) electrons. The van der Waals surface area contributed by atoms with Crippen LogP contribution in [0, 0.1) is 20.8 Å². The van der Waals surface area contributed by atoms with Crippen LogP contribution < -0.4 is 0 Å². The van der Waals surface area contributed by atoms with Gasteiger partial charge in [-0.05, 0) is 49.6 Å². The Hall–Kier alpha value is -2.11. The SMILES string of the molecule is Cc1cc(C)c(C=Nn2cnnc2SCc2ccc(Cl)cc2)c(C)c1. The van der Waals surface area contributed by atoms with Gasteiger partial charge in [-0.3, -0.25) is 0 Å². The number of aromatic nitrogens is 3. The zero-order valence-electron chi connectivity index (χ0n) is 14.4. The summed E-state index contributed by atoms with van der Waals surface area (Å²) in [5.41, 5.74) is 6.00. The van der Waals surface area contributed by atoms with E-state index in [1.807, 2.05) is 30.5 Å². The van der Waals surface area contributed by atoms with Crippen LogP contribution in [-0.2, 0) is 5.75 Å². The summed E-state index contributed by atoms with van der Waals surface area (Å²) < 4.78 is 1.71. The summed E-state index contributed by atoms with van der Waals surface area (Å²) in [6.07, 6.45) is 3.50. The Balaban J connectivity index is 1.74. The molecular formula is C19H19ClN4S. The summed E-state index contributed by atoms with van der Waals surface area (Å²) in [4.78, 5) is 0. The van der Waals surface area contributed by atoms with E-state index in [0.717, 1.165) is 21.5 Å². The second-order valence-corrected chi connectivity index (χ2v) is 7.31. The van der Waals surface area contributed by atoms with Crippen molar-refractivity contribution < 1.29 is 0 Å². The molecule has 0 bridgehead atoms. The molecule has 0 aliphatic carbocycles. The standard InChI is InChI=1S/C19H19ClN4S/c1-13-8-14(2)18(15(3)9-13)10-22-24-12-21-23-19(24)25-11-16-4-6-17(20)7-5-16/h4-10,12H,11H2,1-3H3. The Kier molecular flexibility index (Phi) is 5.56. The van der Waals surface area contributed by atoms with E-state index in [2.05, 4.69) is 48.2 Å². The van der Waals surface area contributed by atoms with Crippen molar-refractivity contribution in [3.05, 3.63) is 75.6 Å². The third-order valence-corrected chi connectivity index (χ3v) is 5.09. The molecule has 0 aliphatic rings. The second kappa shape index (κ2) is 7.85. The van der Waals surface area contributed by atoms with Gasteiger partial charge in [-0.15, -0.1) is 10.2 Å². The van der Waals surface area contributed by atoms with Gasteiger partial charge in [0.05, 0.1) is 6.21 Å². The van der Waals surface area contributed by atoms with Crippen molar-refractivity contribution in [1.82, 2.24) is 14.9 Å². The first kappa shape index (κ1) is 17.7. The van der Waals surface area contributed by atoms with Crippen LogP contribution in [0.5, 0.6) is 0 Å². The number of halogens is 1. The van der Waals surface area contributed by atoms with Crippen LogP contribution in [0.15, 0.2) is 53.0 Å². The summed E-state index contributed by atoms with van der Waals surface area (Å²) in [5, 5.41) is 14.2. The molecule has 0 N–H and O–H groups in total. The van der Waals surface area contributed by atoms with Crippen molar-refractivity contribution in [3.8, 4) is 0 Å². The van der Waals surface area contributed by atoms with Crippen molar-refractivity contribution >= 4 is 29.6 Å². The lowest BCUT2D eigenvalue weighted by Gasteiger charge is -2.07. The smallest absolute Gasteiger partial charge is 0.195 e. The molecule has 2 aromatic carbocycles. The van der Waals surface area contributed by atoms with Crippen LogP contribution in [0.1, 0.15) is 27.8 Å². The molecule has 3 aromatic rings. The fourth-order valence-corrected chi connectivity index (χ4v) is 3.58. The molecule has 0 amide bonds. The molecule has 0 unspecified atom stereocenters. The fraction of sp³-hybridized carbons (Fsp3) is 0.211. The van der Waals surface area contributed by atoms with Crippen molar-refractivity contribution in [2.24, 2.45) is 5.10 Å². The Morgan fingerprint density at radius 1 is 1.12 bits per heavy atom. The number of nitrogens with zero attached hydrogens (tertiary/aromatic N) is 4. The van der Waals surface area contributed by atoms with Gasteiger partial charge < -0.3 is 0 Å². The van der Waals surface area contributed by atoms with E-state index in [0.29, 0.717) is 0 Å². The van der Waals surface area contributed by atoms with E-state index in [1.165, 1.54) is 22.3 Å². The summed E-state index contributed by atoms with van der Waals surface area (Å²) >= 11 is 7.51. The Labute approximate surface area is 156 Å². The molecular weight excluding hydrogens is 352 g/mol. The Bertz CT molecular complexity index is 877. The van der Waals surface area contributed by atoms with E-state index < -0.39 is 0 Å². The van der Waals surface area contributed by atoms with Crippen LogP contribution in [-0.4, -0.2) is 21.1 Å². The number of hydrogen-bond donors (Lipinski definition) is 0. The molecule has 0 aliphatic heterocycles. The first-order valence-corrected chi connectivity index (χ1v) is 9.29. The average Bonchev–Trinajstić information content (AvgIpc) is 3.01. The Morgan fingerprint density at radius 2 is 1.80 bits per heavy atom. The highest BCUT2D eigenvalue weighted by atomic mass is 35.5. The highest BCUT2D eigenvalue weighted by molar-refractivity contribution is 7.98. The largest absolute Gasteiger partial charge is 0.212 e. The van der Waals surface area contributed by atoms with Gasteiger partial charge in [-0.25, -0.2) is 0 Å². The van der Waals surface area contributed by atoms with Crippen LogP contribution in [0.2, 0.25) is 5.02 Å². The molecule has 6 heteroatoms. The highest BCUT2D eigenvalue weighted by Crippen LogP contribution is 2.22. The molecule has 128 valence electrons. The molecule has 3 rings (SSSR count). The predicted octanol–water partition coefficient (Wildman–Crippen LogP) is 5.03. The minimum absolute atomic E-state index is 0.741. The summed E-state index contributed by atoms with van der Waals surface area (Å²) in [5.74, 6) is 0.786. The van der Waals surface area contributed by atoms with Gasteiger partial charge in [-0.2, -0.15) is 9.78 Å². The zero-order valence-corrected chi connectivity index (χ0v) is 16.0. The van der Waals surface area contributed by atoms with Gasteiger partial charge in [0.2, 0.25) is 5.16 Å². The molecule has 0 atom stereocenters. The van der Waals surface area contributed by atoms with E-state index in [1.54, 1.807) is 22.8 Å². The summed E-state index contributed by atoms with van der Waals surface area (Å²) in [7, 11) is 0. The maximum atomic E-state index is 5.92. The minimum Gasteiger partial charge on any atom is -0.195 e. The van der Waals surface area contributed by atoms with Crippen molar-refractivity contribution in [1.29, 1.82) is 0 Å². The monoisotopic (exact) mass is 370 g/mol. The van der Waals surface area contributed by atoms with Crippen molar-refractivity contribution in [3.63, 3.8) is 0 Å². The van der Waals surface area contributed by atoms with E-state index in [9.17, 15) is 0 Å². The first-order valence-electron chi connectivity index (χ1n) is 7.92. The van der Waals surface area contributed by atoms with Crippen molar-refractivity contribution in [2.45, 2.75) is 31.7 Å². The van der Waals surface area contributed by atoms with Gasteiger partial charge in [0, 0.05) is 16.3 Å². The third-order valence-electron chi connectivity index (χ3n) is 3.83. The van der Waals surface area contributed by atoms with E-state index in [-0.39, 0.29) is 0 Å². The number of benzene rings is 2.